The Labute approximate surface area is 138 Å². The van der Waals surface area contributed by atoms with Gasteiger partial charge in [0, 0.05) is 19.1 Å². The first-order valence-electron chi connectivity index (χ1n) is 7.20. The summed E-state index contributed by atoms with van der Waals surface area (Å²) in [6.07, 6.45) is 3.05. The van der Waals surface area contributed by atoms with Crippen LogP contribution < -0.4 is 9.47 Å². The third kappa shape index (κ3) is 4.26. The molecule has 0 saturated heterocycles. The summed E-state index contributed by atoms with van der Waals surface area (Å²) >= 11 is 0. The highest BCUT2D eigenvalue weighted by Gasteiger charge is 2.23. The van der Waals surface area contributed by atoms with E-state index < -0.39 is 6.10 Å². The molecule has 0 fully saturated rings. The first-order valence-corrected chi connectivity index (χ1v) is 7.20. The fourth-order valence-corrected chi connectivity index (χ4v) is 2.46. The quantitative estimate of drug-likeness (QED) is 0.783. The highest BCUT2D eigenvalue weighted by molar-refractivity contribution is 5.85. The molecule has 0 radical (unpaired) electrons. The largest absolute Gasteiger partial charge is 0.486 e. The van der Waals surface area contributed by atoms with Crippen LogP contribution in [0.4, 0.5) is 0 Å². The Morgan fingerprint density at radius 3 is 2.36 bits per heavy atom. The predicted molar refractivity (Wildman–Crippen MR) is 91.1 cm³/mol. The average molecular weight is 326 g/mol. The van der Waals surface area contributed by atoms with Crippen LogP contribution in [0.5, 0.6) is 11.5 Å². The molecule has 1 heterocycles. The lowest BCUT2D eigenvalue weighted by Gasteiger charge is -2.31. The lowest BCUT2D eigenvalue weighted by molar-refractivity contribution is 0.0703. The zero-order valence-electron chi connectivity index (χ0n) is 12.9. The van der Waals surface area contributed by atoms with Gasteiger partial charge in [-0.1, -0.05) is 18.2 Å². The van der Waals surface area contributed by atoms with Gasteiger partial charge in [-0.3, -0.25) is 4.90 Å². The lowest BCUT2D eigenvalue weighted by Crippen LogP contribution is -2.37. The summed E-state index contributed by atoms with van der Waals surface area (Å²) in [4.78, 5) is 2.11. The summed E-state index contributed by atoms with van der Waals surface area (Å²) in [6.45, 7) is 12.0. The SMILES string of the molecule is C=CCN(CC=C)C(C)C(O)c1ccc2c(c1)OCCO2.Cl. The van der Waals surface area contributed by atoms with Crippen LogP contribution in [0.1, 0.15) is 18.6 Å². The minimum atomic E-state index is -0.610. The molecule has 1 aromatic carbocycles. The van der Waals surface area contributed by atoms with Gasteiger partial charge >= 0.3 is 0 Å². The van der Waals surface area contributed by atoms with E-state index in [4.69, 9.17) is 9.47 Å². The van der Waals surface area contributed by atoms with Crippen LogP contribution in [-0.4, -0.2) is 42.4 Å². The molecule has 2 atom stereocenters. The molecule has 0 bridgehead atoms. The summed E-state index contributed by atoms with van der Waals surface area (Å²) in [5, 5.41) is 10.6. The van der Waals surface area contributed by atoms with Gasteiger partial charge in [-0.25, -0.2) is 0 Å². The van der Waals surface area contributed by atoms with Crippen LogP contribution in [0.15, 0.2) is 43.5 Å². The smallest absolute Gasteiger partial charge is 0.161 e. The van der Waals surface area contributed by atoms with Gasteiger partial charge < -0.3 is 14.6 Å². The maximum absolute atomic E-state index is 10.6. The van der Waals surface area contributed by atoms with Gasteiger partial charge in [0.25, 0.3) is 0 Å². The fourth-order valence-electron chi connectivity index (χ4n) is 2.46. The van der Waals surface area contributed by atoms with Crippen LogP contribution in [0.3, 0.4) is 0 Å². The first-order chi connectivity index (χ1) is 10.2. The number of hydrogen-bond acceptors (Lipinski definition) is 4. The van der Waals surface area contributed by atoms with E-state index in [0.29, 0.717) is 32.1 Å². The summed E-state index contributed by atoms with van der Waals surface area (Å²) in [6, 6.07) is 5.54. The third-order valence-corrected chi connectivity index (χ3v) is 3.67. The number of fused-ring (bicyclic) bond motifs is 1. The van der Waals surface area contributed by atoms with Crippen molar-refractivity contribution in [2.24, 2.45) is 0 Å². The molecule has 0 saturated carbocycles. The van der Waals surface area contributed by atoms with Crippen molar-refractivity contribution >= 4 is 12.4 Å². The molecular weight excluding hydrogens is 302 g/mol. The average Bonchev–Trinajstić information content (AvgIpc) is 2.53. The number of ether oxygens (including phenoxy) is 2. The van der Waals surface area contributed by atoms with Crippen molar-refractivity contribution < 1.29 is 14.6 Å². The Kier molecular flexibility index (Phi) is 7.45. The molecule has 1 aliphatic heterocycles. The van der Waals surface area contributed by atoms with Gasteiger partial charge in [0.15, 0.2) is 11.5 Å². The van der Waals surface area contributed by atoms with Crippen LogP contribution in [0.2, 0.25) is 0 Å². The number of benzene rings is 1. The van der Waals surface area contributed by atoms with Gasteiger partial charge in [0.05, 0.1) is 6.10 Å². The van der Waals surface area contributed by atoms with E-state index in [1.54, 1.807) is 0 Å². The van der Waals surface area contributed by atoms with Gasteiger partial charge in [0.1, 0.15) is 13.2 Å². The molecular formula is C17H24ClNO3. The molecule has 0 aliphatic carbocycles. The summed E-state index contributed by atoms with van der Waals surface area (Å²) in [5.41, 5.74) is 0.824. The minimum absolute atomic E-state index is 0. The Hall–Kier alpha value is -1.49. The molecule has 0 amide bonds. The topological polar surface area (TPSA) is 41.9 Å². The molecule has 2 unspecified atom stereocenters. The van der Waals surface area contributed by atoms with Crippen molar-refractivity contribution in [2.75, 3.05) is 26.3 Å². The van der Waals surface area contributed by atoms with Crippen molar-refractivity contribution in [3.05, 3.63) is 49.1 Å². The molecule has 2 rings (SSSR count). The molecule has 0 aromatic heterocycles. The van der Waals surface area contributed by atoms with E-state index in [9.17, 15) is 5.11 Å². The lowest BCUT2D eigenvalue weighted by atomic mass is 10.0. The van der Waals surface area contributed by atoms with E-state index >= 15 is 0 Å². The van der Waals surface area contributed by atoms with Gasteiger partial charge in [-0.15, -0.1) is 25.6 Å². The number of aliphatic hydroxyl groups is 1. The second-order valence-corrected chi connectivity index (χ2v) is 5.12. The zero-order chi connectivity index (χ0) is 15.2. The molecule has 122 valence electrons. The second-order valence-electron chi connectivity index (χ2n) is 5.12. The highest BCUT2D eigenvalue weighted by Crippen LogP contribution is 2.33. The van der Waals surface area contributed by atoms with Crippen LogP contribution in [0.25, 0.3) is 0 Å². The number of halogens is 1. The molecule has 5 heteroatoms. The fraction of sp³-hybridized carbons (Fsp3) is 0.412. The van der Waals surface area contributed by atoms with Gasteiger partial charge in [-0.05, 0) is 24.6 Å². The van der Waals surface area contributed by atoms with Crippen LogP contribution >= 0.6 is 12.4 Å². The normalized spacial score (nSPS) is 15.6. The van der Waals surface area contributed by atoms with Crippen molar-refractivity contribution in [1.29, 1.82) is 0 Å². The molecule has 22 heavy (non-hydrogen) atoms. The maximum Gasteiger partial charge on any atom is 0.161 e. The predicted octanol–water partition coefficient (Wildman–Crippen LogP) is 2.98. The van der Waals surface area contributed by atoms with Crippen LogP contribution in [0, 0.1) is 0 Å². The molecule has 1 aliphatic rings. The van der Waals surface area contributed by atoms with E-state index in [2.05, 4.69) is 18.1 Å². The summed E-state index contributed by atoms with van der Waals surface area (Å²) < 4.78 is 11.1. The molecule has 1 aromatic rings. The summed E-state index contributed by atoms with van der Waals surface area (Å²) in [7, 11) is 0. The van der Waals surface area contributed by atoms with E-state index in [1.165, 1.54) is 0 Å². The Balaban J connectivity index is 0.00000242. The molecule has 4 nitrogen and oxygen atoms in total. The zero-order valence-corrected chi connectivity index (χ0v) is 13.7. The second kappa shape index (κ2) is 8.83. The minimum Gasteiger partial charge on any atom is -0.486 e. The maximum atomic E-state index is 10.6. The Morgan fingerprint density at radius 1 is 1.18 bits per heavy atom. The van der Waals surface area contributed by atoms with Crippen molar-refractivity contribution in [2.45, 2.75) is 19.1 Å². The number of hydrogen-bond donors (Lipinski definition) is 1. The van der Waals surface area contributed by atoms with Gasteiger partial charge in [-0.2, -0.15) is 0 Å². The van der Waals surface area contributed by atoms with E-state index in [-0.39, 0.29) is 18.4 Å². The van der Waals surface area contributed by atoms with Crippen molar-refractivity contribution in [3.63, 3.8) is 0 Å². The Bertz CT molecular complexity index is 497. The Morgan fingerprint density at radius 2 is 1.77 bits per heavy atom. The van der Waals surface area contributed by atoms with Crippen molar-refractivity contribution in [1.82, 2.24) is 4.90 Å². The standard InChI is InChI=1S/C17H23NO3.ClH/c1-4-8-18(9-5-2)13(3)17(19)14-6-7-15-16(12-14)21-11-10-20-15;/h4-7,12-13,17,19H,1-2,8-11H2,3H3;1H. The monoisotopic (exact) mass is 325 g/mol. The van der Waals surface area contributed by atoms with Gasteiger partial charge in [0.2, 0.25) is 0 Å². The number of nitrogens with zero attached hydrogens (tertiary/aromatic N) is 1. The van der Waals surface area contributed by atoms with E-state index in [0.717, 1.165) is 11.3 Å². The number of rotatable bonds is 7. The number of aliphatic hydroxyl groups excluding tert-OH is 1. The summed E-state index contributed by atoms with van der Waals surface area (Å²) in [5.74, 6) is 1.43. The van der Waals surface area contributed by atoms with Crippen LogP contribution in [-0.2, 0) is 0 Å². The highest BCUT2D eigenvalue weighted by atomic mass is 35.5. The first kappa shape index (κ1) is 18.6. The van der Waals surface area contributed by atoms with E-state index in [1.807, 2.05) is 37.3 Å². The molecule has 0 spiro atoms. The third-order valence-electron chi connectivity index (χ3n) is 3.67. The molecule has 1 N–H and O–H groups in total. The van der Waals surface area contributed by atoms with Crippen molar-refractivity contribution in [3.8, 4) is 11.5 Å².